The molecule has 112 valence electrons. The molecule has 1 heterocycles. The standard InChI is InChI=1S/C12H14ClN5O2S/c1-6(21-12-16-11(14)17-18-12)10(19)15-7-3-4-9(20-2)8(13)5-7/h3-6H,1-2H3,(H,15,19)(H3,14,16,17,18)/t6-/m0/s1. The Morgan fingerprint density at radius 2 is 2.33 bits per heavy atom. The predicted molar refractivity (Wildman–Crippen MR) is 82.7 cm³/mol. The lowest BCUT2D eigenvalue weighted by molar-refractivity contribution is -0.115. The summed E-state index contributed by atoms with van der Waals surface area (Å²) in [5.74, 6) is 0.574. The van der Waals surface area contributed by atoms with Gasteiger partial charge < -0.3 is 15.8 Å². The highest BCUT2D eigenvalue weighted by molar-refractivity contribution is 8.00. The molecule has 0 unspecified atom stereocenters. The third-order valence-electron chi connectivity index (χ3n) is 2.55. The number of aromatic amines is 1. The number of carbonyl (C=O) groups is 1. The molecule has 0 spiro atoms. The van der Waals surface area contributed by atoms with Crippen molar-refractivity contribution in [2.24, 2.45) is 0 Å². The quantitative estimate of drug-likeness (QED) is 0.727. The van der Waals surface area contributed by atoms with E-state index in [1.807, 2.05) is 0 Å². The molecule has 0 aliphatic carbocycles. The number of nitrogens with two attached hydrogens (primary N) is 1. The fraction of sp³-hybridized carbons (Fsp3) is 0.250. The third kappa shape index (κ3) is 4.02. The SMILES string of the molecule is COc1ccc(NC(=O)[C@H](C)Sc2n[nH]c(N)n2)cc1Cl. The number of H-pyrrole nitrogens is 1. The molecule has 0 radical (unpaired) electrons. The van der Waals surface area contributed by atoms with E-state index in [2.05, 4.69) is 20.5 Å². The Morgan fingerprint density at radius 1 is 1.57 bits per heavy atom. The van der Waals surface area contributed by atoms with Crippen LogP contribution in [0.25, 0.3) is 0 Å². The summed E-state index contributed by atoms with van der Waals surface area (Å²) in [5, 5.41) is 9.61. The molecule has 1 amide bonds. The second kappa shape index (κ2) is 6.68. The highest BCUT2D eigenvalue weighted by atomic mass is 35.5. The minimum absolute atomic E-state index is 0.190. The Bertz CT molecular complexity index is 648. The van der Waals surface area contributed by atoms with Crippen LogP contribution in [-0.4, -0.2) is 33.4 Å². The monoisotopic (exact) mass is 327 g/mol. The van der Waals surface area contributed by atoms with Crippen LogP contribution < -0.4 is 15.8 Å². The molecule has 0 bridgehead atoms. The fourth-order valence-electron chi connectivity index (χ4n) is 1.51. The number of rotatable bonds is 5. The van der Waals surface area contributed by atoms with Crippen molar-refractivity contribution < 1.29 is 9.53 Å². The Morgan fingerprint density at radius 3 is 2.90 bits per heavy atom. The maximum atomic E-state index is 12.1. The molecule has 0 saturated heterocycles. The molecule has 0 aliphatic heterocycles. The van der Waals surface area contributed by atoms with Gasteiger partial charge in [-0.15, -0.1) is 5.10 Å². The summed E-state index contributed by atoms with van der Waals surface area (Å²) in [5.41, 5.74) is 6.02. The molecule has 1 aromatic heterocycles. The number of hydrogen-bond donors (Lipinski definition) is 3. The van der Waals surface area contributed by atoms with Gasteiger partial charge in [-0.3, -0.25) is 4.79 Å². The maximum absolute atomic E-state index is 12.1. The van der Waals surface area contributed by atoms with E-state index in [1.54, 1.807) is 25.1 Å². The first-order valence-corrected chi connectivity index (χ1v) is 7.24. The first kappa shape index (κ1) is 15.5. The predicted octanol–water partition coefficient (Wildman–Crippen LogP) is 2.17. The number of thioether (sulfide) groups is 1. The van der Waals surface area contributed by atoms with Gasteiger partial charge in [0.25, 0.3) is 0 Å². The third-order valence-corrected chi connectivity index (χ3v) is 3.81. The van der Waals surface area contributed by atoms with Crippen molar-refractivity contribution in [1.82, 2.24) is 15.2 Å². The van der Waals surface area contributed by atoms with Gasteiger partial charge in [0.15, 0.2) is 0 Å². The van der Waals surface area contributed by atoms with Crippen LogP contribution in [0.5, 0.6) is 5.75 Å². The van der Waals surface area contributed by atoms with Crippen molar-refractivity contribution >= 4 is 40.9 Å². The molecular weight excluding hydrogens is 314 g/mol. The lowest BCUT2D eigenvalue weighted by Gasteiger charge is -2.11. The zero-order chi connectivity index (χ0) is 15.4. The maximum Gasteiger partial charge on any atom is 0.237 e. The summed E-state index contributed by atoms with van der Waals surface area (Å²) in [6, 6.07) is 5.02. The molecule has 21 heavy (non-hydrogen) atoms. The van der Waals surface area contributed by atoms with E-state index >= 15 is 0 Å². The first-order chi connectivity index (χ1) is 9.99. The molecular formula is C12H14ClN5O2S. The number of methoxy groups -OCH3 is 1. The van der Waals surface area contributed by atoms with Gasteiger partial charge in [0.05, 0.1) is 17.4 Å². The molecule has 2 aromatic rings. The van der Waals surface area contributed by atoms with E-state index in [0.29, 0.717) is 21.6 Å². The van der Waals surface area contributed by atoms with Crippen LogP contribution >= 0.6 is 23.4 Å². The highest BCUT2D eigenvalue weighted by Gasteiger charge is 2.17. The summed E-state index contributed by atoms with van der Waals surface area (Å²) < 4.78 is 5.05. The number of nitrogens with one attached hydrogen (secondary N) is 2. The molecule has 7 nitrogen and oxygen atoms in total. The summed E-state index contributed by atoms with van der Waals surface area (Å²) >= 11 is 7.21. The normalized spacial score (nSPS) is 12.0. The minimum atomic E-state index is -0.388. The van der Waals surface area contributed by atoms with Gasteiger partial charge in [-0.25, -0.2) is 5.10 Å². The van der Waals surface area contributed by atoms with Crippen molar-refractivity contribution in [3.63, 3.8) is 0 Å². The molecule has 0 saturated carbocycles. The van der Waals surface area contributed by atoms with E-state index in [-0.39, 0.29) is 17.1 Å². The molecule has 2 rings (SSSR count). The molecule has 1 aromatic carbocycles. The van der Waals surface area contributed by atoms with Crippen molar-refractivity contribution in [1.29, 1.82) is 0 Å². The molecule has 9 heteroatoms. The number of nitrogen functional groups attached to an aromatic ring is 1. The van der Waals surface area contributed by atoms with E-state index in [0.717, 1.165) is 0 Å². The van der Waals surface area contributed by atoms with Crippen molar-refractivity contribution in [2.45, 2.75) is 17.3 Å². The van der Waals surface area contributed by atoms with Gasteiger partial charge in [0.1, 0.15) is 5.75 Å². The van der Waals surface area contributed by atoms with Gasteiger partial charge in [0.2, 0.25) is 17.0 Å². The van der Waals surface area contributed by atoms with Crippen LogP contribution in [0.3, 0.4) is 0 Å². The van der Waals surface area contributed by atoms with Crippen LogP contribution in [0.1, 0.15) is 6.92 Å². The van der Waals surface area contributed by atoms with Gasteiger partial charge in [-0.2, -0.15) is 4.98 Å². The number of amides is 1. The van der Waals surface area contributed by atoms with E-state index in [4.69, 9.17) is 22.1 Å². The van der Waals surface area contributed by atoms with Crippen LogP contribution in [0.2, 0.25) is 5.02 Å². The van der Waals surface area contributed by atoms with E-state index < -0.39 is 0 Å². The minimum Gasteiger partial charge on any atom is -0.495 e. The van der Waals surface area contributed by atoms with Gasteiger partial charge in [-0.1, -0.05) is 23.4 Å². The van der Waals surface area contributed by atoms with Gasteiger partial charge in [0, 0.05) is 5.69 Å². The average Bonchev–Trinajstić information content (AvgIpc) is 2.84. The number of nitrogens with zero attached hydrogens (tertiary/aromatic N) is 2. The van der Waals surface area contributed by atoms with Crippen molar-refractivity contribution in [2.75, 3.05) is 18.2 Å². The summed E-state index contributed by atoms with van der Waals surface area (Å²) in [4.78, 5) is 16.0. The lowest BCUT2D eigenvalue weighted by Crippen LogP contribution is -2.22. The van der Waals surface area contributed by atoms with Crippen molar-refractivity contribution in [3.05, 3.63) is 23.2 Å². The van der Waals surface area contributed by atoms with Crippen molar-refractivity contribution in [3.8, 4) is 5.75 Å². The largest absolute Gasteiger partial charge is 0.495 e. The second-order valence-corrected chi connectivity index (χ2v) is 5.82. The Hall–Kier alpha value is -1.93. The summed E-state index contributed by atoms with van der Waals surface area (Å²) in [6.07, 6.45) is 0. The smallest absolute Gasteiger partial charge is 0.237 e. The summed E-state index contributed by atoms with van der Waals surface area (Å²) in [7, 11) is 1.53. The molecule has 4 N–H and O–H groups in total. The lowest BCUT2D eigenvalue weighted by atomic mass is 10.3. The number of ether oxygens (including phenoxy) is 1. The van der Waals surface area contributed by atoms with Crippen LogP contribution in [0.15, 0.2) is 23.4 Å². The van der Waals surface area contributed by atoms with Gasteiger partial charge >= 0.3 is 0 Å². The average molecular weight is 328 g/mol. The number of halogens is 1. The number of anilines is 2. The van der Waals surface area contributed by atoms with Crippen LogP contribution in [-0.2, 0) is 4.79 Å². The first-order valence-electron chi connectivity index (χ1n) is 5.98. The summed E-state index contributed by atoms with van der Waals surface area (Å²) in [6.45, 7) is 1.75. The van der Waals surface area contributed by atoms with Gasteiger partial charge in [-0.05, 0) is 25.1 Å². The highest BCUT2D eigenvalue weighted by Crippen LogP contribution is 2.28. The Balaban J connectivity index is 1.98. The number of carbonyl (C=O) groups excluding carboxylic acids is 1. The van der Waals surface area contributed by atoms with Crippen LogP contribution in [0.4, 0.5) is 11.6 Å². The Kier molecular flexibility index (Phi) is 4.92. The number of benzene rings is 1. The topological polar surface area (TPSA) is 106 Å². The van der Waals surface area contributed by atoms with Crippen LogP contribution in [0, 0.1) is 0 Å². The number of aromatic nitrogens is 3. The fourth-order valence-corrected chi connectivity index (χ4v) is 2.50. The zero-order valence-corrected chi connectivity index (χ0v) is 13.0. The van der Waals surface area contributed by atoms with E-state index in [1.165, 1.54) is 18.9 Å². The molecule has 0 aliphatic rings. The zero-order valence-electron chi connectivity index (χ0n) is 11.4. The second-order valence-electron chi connectivity index (χ2n) is 4.10. The molecule has 0 fully saturated rings. The molecule has 1 atom stereocenters. The number of hydrogen-bond acceptors (Lipinski definition) is 6. The van der Waals surface area contributed by atoms with E-state index in [9.17, 15) is 4.79 Å². The Labute approximate surface area is 130 Å².